The van der Waals surface area contributed by atoms with Gasteiger partial charge < -0.3 is 5.32 Å². The molecule has 2 rings (SSSR count). The largest absolute Gasteiger partial charge is 0.385 e. The molecule has 0 aromatic heterocycles. The number of rotatable bonds is 6. The normalized spacial score (nSPS) is 11.8. The first-order valence-electron chi connectivity index (χ1n) is 6.31. The molecule has 0 saturated heterocycles. The van der Waals surface area contributed by atoms with Crippen LogP contribution in [0.1, 0.15) is 12.5 Å². The van der Waals surface area contributed by atoms with Crippen LogP contribution >= 0.6 is 12.0 Å². The summed E-state index contributed by atoms with van der Waals surface area (Å²) >= 11 is 0.770. The fourth-order valence-corrected chi connectivity index (χ4v) is 3.50. The van der Waals surface area contributed by atoms with Crippen molar-refractivity contribution in [2.75, 3.05) is 11.9 Å². The lowest BCUT2D eigenvalue weighted by atomic mass is 10.1. The molecule has 0 amide bonds. The minimum absolute atomic E-state index is 0.158. The Hall–Kier alpha value is -1.36. The molecule has 7 nitrogen and oxygen atoms in total. The summed E-state index contributed by atoms with van der Waals surface area (Å²) in [5.74, 6) is 0. The topological polar surface area (TPSA) is 105 Å². The second-order valence-corrected chi connectivity index (χ2v) is 6.73. The quantitative estimate of drug-likeness (QED) is 0.317. The number of hydrogen-bond donors (Lipinski definition) is 3. The van der Waals surface area contributed by atoms with Gasteiger partial charge in [0.2, 0.25) is 0 Å². The highest BCUT2D eigenvalue weighted by atomic mass is 32.2. The summed E-state index contributed by atoms with van der Waals surface area (Å²) in [5, 5.41) is 15.9. The molecule has 120 valence electrons. The number of fused-ring (bicyclic) bond motifs is 1. The van der Waals surface area contributed by atoms with Gasteiger partial charge in [-0.25, -0.2) is 5.26 Å². The fraction of sp³-hybridized carbons (Fsp3) is 0.231. The molecule has 3 N–H and O–H groups in total. The van der Waals surface area contributed by atoms with Crippen molar-refractivity contribution in [3.05, 3.63) is 29.8 Å². The molecule has 2 aromatic carbocycles. The third-order valence-corrected chi connectivity index (χ3v) is 4.37. The summed E-state index contributed by atoms with van der Waals surface area (Å²) in [7, 11) is -4.37. The van der Waals surface area contributed by atoms with E-state index in [1.54, 1.807) is 25.1 Å². The van der Waals surface area contributed by atoms with E-state index < -0.39 is 10.1 Å². The van der Waals surface area contributed by atoms with Gasteiger partial charge in [0.05, 0.1) is 12.0 Å². The molecule has 0 bridgehead atoms. The van der Waals surface area contributed by atoms with Crippen LogP contribution in [-0.2, 0) is 19.5 Å². The van der Waals surface area contributed by atoms with E-state index in [1.807, 2.05) is 6.92 Å². The molecular formula is C13H15NO6S2. The first-order chi connectivity index (χ1) is 10.4. The van der Waals surface area contributed by atoms with E-state index in [1.165, 1.54) is 6.07 Å². The first-order valence-corrected chi connectivity index (χ1v) is 8.49. The lowest BCUT2D eigenvalue weighted by Crippen LogP contribution is -2.04. The third kappa shape index (κ3) is 3.69. The Kier molecular flexibility index (Phi) is 5.27. The van der Waals surface area contributed by atoms with Gasteiger partial charge in [-0.3, -0.25) is 4.55 Å². The maximum Gasteiger partial charge on any atom is 0.295 e. The van der Waals surface area contributed by atoms with Crippen molar-refractivity contribution in [1.29, 1.82) is 0 Å². The Bertz CT molecular complexity index is 791. The van der Waals surface area contributed by atoms with Crippen molar-refractivity contribution in [2.24, 2.45) is 0 Å². The molecule has 9 heteroatoms. The number of aryl methyl sites for hydroxylation is 1. The van der Waals surface area contributed by atoms with E-state index in [-0.39, 0.29) is 4.90 Å². The average Bonchev–Trinajstić information content (AvgIpc) is 2.43. The van der Waals surface area contributed by atoms with Crippen LogP contribution in [0.5, 0.6) is 0 Å². The highest BCUT2D eigenvalue weighted by Crippen LogP contribution is 2.35. The van der Waals surface area contributed by atoms with Crippen LogP contribution in [0.4, 0.5) is 5.69 Å². The highest BCUT2D eigenvalue weighted by molar-refractivity contribution is 7.94. The Balaban J connectivity index is 2.77. The van der Waals surface area contributed by atoms with E-state index in [0.717, 1.165) is 12.0 Å². The van der Waals surface area contributed by atoms with Gasteiger partial charge in [-0.1, -0.05) is 11.1 Å². The minimum atomic E-state index is -4.37. The van der Waals surface area contributed by atoms with Crippen LogP contribution in [0.25, 0.3) is 10.8 Å². The van der Waals surface area contributed by atoms with Crippen LogP contribution in [0, 0.1) is 6.92 Å². The van der Waals surface area contributed by atoms with E-state index in [2.05, 4.69) is 14.7 Å². The molecule has 0 fully saturated rings. The summed E-state index contributed by atoms with van der Waals surface area (Å²) in [4.78, 5) is 0.429. The molecule has 0 unspecified atom stereocenters. The minimum Gasteiger partial charge on any atom is -0.385 e. The van der Waals surface area contributed by atoms with Crippen LogP contribution in [0.2, 0.25) is 0 Å². The molecule has 22 heavy (non-hydrogen) atoms. The van der Waals surface area contributed by atoms with Crippen molar-refractivity contribution in [3.8, 4) is 0 Å². The maximum atomic E-state index is 11.7. The molecule has 0 spiro atoms. The molecular weight excluding hydrogens is 330 g/mol. The van der Waals surface area contributed by atoms with Gasteiger partial charge in [0.1, 0.15) is 4.90 Å². The first kappa shape index (κ1) is 17.0. The lowest BCUT2D eigenvalue weighted by Gasteiger charge is -2.14. The van der Waals surface area contributed by atoms with E-state index in [0.29, 0.717) is 33.5 Å². The Morgan fingerprint density at radius 2 is 2.00 bits per heavy atom. The fourth-order valence-electron chi connectivity index (χ4n) is 2.23. The van der Waals surface area contributed by atoms with Crippen LogP contribution in [0.15, 0.2) is 34.1 Å². The van der Waals surface area contributed by atoms with Gasteiger partial charge >= 0.3 is 0 Å². The Morgan fingerprint density at radius 1 is 1.27 bits per heavy atom. The van der Waals surface area contributed by atoms with Crippen LogP contribution < -0.4 is 5.32 Å². The Labute approximate surface area is 132 Å². The van der Waals surface area contributed by atoms with Gasteiger partial charge in [-0.2, -0.15) is 8.42 Å². The molecule has 0 radical (unpaired) electrons. The van der Waals surface area contributed by atoms with Crippen LogP contribution in [0.3, 0.4) is 0 Å². The monoisotopic (exact) mass is 345 g/mol. The van der Waals surface area contributed by atoms with Gasteiger partial charge in [-0.05, 0) is 43.0 Å². The molecule has 0 aliphatic rings. The summed E-state index contributed by atoms with van der Waals surface area (Å²) in [6.07, 6.45) is 0. The molecule has 0 aliphatic carbocycles. The standard InChI is InChI=1S/C13H15NO6S2/c1-3-14-11-7-10(21-20-19-15)6-9-4-8(2)5-12(13(9)11)22(16,17)18/h4-7,14-15H,3H2,1-2H3,(H,16,17,18). The molecule has 2 aromatic rings. The number of nitrogens with one attached hydrogen (secondary N) is 1. The smallest absolute Gasteiger partial charge is 0.295 e. The molecule has 0 aliphatic heterocycles. The highest BCUT2D eigenvalue weighted by Gasteiger charge is 2.18. The summed E-state index contributed by atoms with van der Waals surface area (Å²) in [6.45, 7) is 4.15. The second kappa shape index (κ2) is 6.82. The summed E-state index contributed by atoms with van der Waals surface area (Å²) in [6, 6.07) is 6.51. The van der Waals surface area contributed by atoms with Gasteiger partial charge in [0.25, 0.3) is 10.1 Å². The summed E-state index contributed by atoms with van der Waals surface area (Å²) in [5.41, 5.74) is 1.21. The van der Waals surface area contributed by atoms with Crippen molar-refractivity contribution in [3.63, 3.8) is 0 Å². The van der Waals surface area contributed by atoms with Crippen molar-refractivity contribution in [1.82, 2.24) is 0 Å². The number of anilines is 1. The molecule has 0 heterocycles. The summed E-state index contributed by atoms with van der Waals surface area (Å²) < 4.78 is 37.2. The predicted octanol–water partition coefficient (Wildman–Crippen LogP) is 3.26. The van der Waals surface area contributed by atoms with Crippen molar-refractivity contribution < 1.29 is 27.6 Å². The van der Waals surface area contributed by atoms with Crippen molar-refractivity contribution >= 4 is 38.6 Å². The number of benzene rings is 2. The lowest BCUT2D eigenvalue weighted by molar-refractivity contribution is -0.432. The third-order valence-electron chi connectivity index (χ3n) is 2.94. The SMILES string of the molecule is CCNc1cc(SOOO)cc2cc(C)cc(S(=O)(=O)O)c12. The zero-order chi connectivity index (χ0) is 16.3. The second-order valence-electron chi connectivity index (χ2n) is 4.56. The Morgan fingerprint density at radius 3 is 2.59 bits per heavy atom. The van der Waals surface area contributed by atoms with Gasteiger partial charge in [0.15, 0.2) is 0 Å². The predicted molar refractivity (Wildman–Crippen MR) is 83.3 cm³/mol. The van der Waals surface area contributed by atoms with Crippen molar-refractivity contribution in [2.45, 2.75) is 23.6 Å². The van der Waals surface area contributed by atoms with E-state index in [4.69, 9.17) is 5.26 Å². The zero-order valence-corrected chi connectivity index (χ0v) is 13.5. The van der Waals surface area contributed by atoms with E-state index >= 15 is 0 Å². The number of hydrogen-bond acceptors (Lipinski definition) is 7. The average molecular weight is 345 g/mol. The van der Waals surface area contributed by atoms with Crippen LogP contribution in [-0.4, -0.2) is 24.8 Å². The van der Waals surface area contributed by atoms with Gasteiger partial charge in [0, 0.05) is 22.5 Å². The maximum absolute atomic E-state index is 11.7. The van der Waals surface area contributed by atoms with E-state index in [9.17, 15) is 13.0 Å². The molecule has 0 atom stereocenters. The zero-order valence-electron chi connectivity index (χ0n) is 11.9. The van der Waals surface area contributed by atoms with Gasteiger partial charge in [-0.15, -0.1) is 4.33 Å². The molecule has 0 saturated carbocycles.